The van der Waals surface area contributed by atoms with Gasteiger partial charge in [0.25, 0.3) is 5.91 Å². The van der Waals surface area contributed by atoms with Gasteiger partial charge in [-0.3, -0.25) is 9.69 Å². The molecular weight excluding hydrogens is 534 g/mol. The molecule has 210 valence electrons. The molecule has 3 heterocycles. The Kier molecular flexibility index (Phi) is 8.53. The topological polar surface area (TPSA) is 95.1 Å². The molecule has 0 bridgehead atoms. The van der Waals surface area contributed by atoms with Crippen LogP contribution in [0.5, 0.6) is 0 Å². The second-order valence-electron chi connectivity index (χ2n) is 10.3. The summed E-state index contributed by atoms with van der Waals surface area (Å²) >= 11 is 1.76. The first-order valence-electron chi connectivity index (χ1n) is 13.6. The minimum Gasteiger partial charge on any atom is -0.373 e. The summed E-state index contributed by atoms with van der Waals surface area (Å²) in [5.74, 6) is -0.201. The third-order valence-electron chi connectivity index (χ3n) is 7.37. The number of anilines is 1. The Morgan fingerprint density at radius 2 is 1.74 bits per heavy atom. The number of para-hydroxylation sites is 1. The SMILES string of the molecule is CCc1cccc2sc(N3CCN(CCNC(=O)c4ccc(S(=O)(=O)N5CC(C)OC(C)C5)cc4)CC3)nc12. The lowest BCUT2D eigenvalue weighted by molar-refractivity contribution is -0.0440. The minimum absolute atomic E-state index is 0.155. The van der Waals surface area contributed by atoms with Gasteiger partial charge >= 0.3 is 0 Å². The van der Waals surface area contributed by atoms with Gasteiger partial charge in [-0.1, -0.05) is 30.4 Å². The third-order valence-corrected chi connectivity index (χ3v) is 10.3. The van der Waals surface area contributed by atoms with Gasteiger partial charge in [0.05, 0.1) is 27.3 Å². The Bertz CT molecular complexity index is 1390. The van der Waals surface area contributed by atoms with Crippen LogP contribution in [-0.2, 0) is 21.2 Å². The van der Waals surface area contributed by atoms with Crippen LogP contribution in [0.1, 0.15) is 36.7 Å². The van der Waals surface area contributed by atoms with E-state index in [-0.39, 0.29) is 23.0 Å². The molecule has 1 aromatic heterocycles. The Morgan fingerprint density at radius 3 is 2.41 bits per heavy atom. The molecule has 2 atom stereocenters. The second-order valence-corrected chi connectivity index (χ2v) is 13.2. The first-order chi connectivity index (χ1) is 18.7. The molecule has 2 saturated heterocycles. The monoisotopic (exact) mass is 571 g/mol. The zero-order valence-corrected chi connectivity index (χ0v) is 24.4. The Labute approximate surface area is 234 Å². The fourth-order valence-corrected chi connectivity index (χ4v) is 7.92. The molecule has 2 aliphatic heterocycles. The molecule has 0 aliphatic carbocycles. The van der Waals surface area contributed by atoms with Gasteiger partial charge in [0.15, 0.2) is 5.13 Å². The lowest BCUT2D eigenvalue weighted by atomic mass is 10.1. The molecule has 0 saturated carbocycles. The van der Waals surface area contributed by atoms with Crippen molar-refractivity contribution in [1.82, 2.24) is 19.5 Å². The zero-order chi connectivity index (χ0) is 27.6. The number of piperazine rings is 1. The van der Waals surface area contributed by atoms with Gasteiger partial charge in [0.1, 0.15) is 0 Å². The summed E-state index contributed by atoms with van der Waals surface area (Å²) in [6.07, 6.45) is 0.673. The fraction of sp³-hybridized carbons (Fsp3) is 0.500. The summed E-state index contributed by atoms with van der Waals surface area (Å²) in [6, 6.07) is 12.6. The number of nitrogens with zero attached hydrogens (tertiary/aromatic N) is 4. The van der Waals surface area contributed by atoms with E-state index >= 15 is 0 Å². The molecule has 2 unspecified atom stereocenters. The molecule has 0 spiro atoms. The second kappa shape index (κ2) is 11.9. The predicted octanol–water partition coefficient (Wildman–Crippen LogP) is 3.21. The lowest BCUT2D eigenvalue weighted by Gasteiger charge is -2.34. The van der Waals surface area contributed by atoms with Crippen LogP contribution < -0.4 is 10.2 Å². The predicted molar refractivity (Wildman–Crippen MR) is 155 cm³/mol. The molecule has 11 heteroatoms. The van der Waals surface area contributed by atoms with Crippen LogP contribution >= 0.6 is 11.3 Å². The average molecular weight is 572 g/mol. The van der Waals surface area contributed by atoms with Gasteiger partial charge < -0.3 is 15.0 Å². The number of rotatable bonds is 8. The number of hydrogen-bond donors (Lipinski definition) is 1. The largest absolute Gasteiger partial charge is 0.373 e. The van der Waals surface area contributed by atoms with E-state index in [0.29, 0.717) is 25.2 Å². The van der Waals surface area contributed by atoms with Gasteiger partial charge in [-0.05, 0) is 56.2 Å². The zero-order valence-electron chi connectivity index (χ0n) is 22.8. The smallest absolute Gasteiger partial charge is 0.251 e. The number of carbonyl (C=O) groups is 1. The summed E-state index contributed by atoms with van der Waals surface area (Å²) in [6.45, 7) is 11.5. The van der Waals surface area contributed by atoms with Gasteiger partial charge in [-0.2, -0.15) is 4.31 Å². The van der Waals surface area contributed by atoms with Crippen molar-refractivity contribution >= 4 is 42.6 Å². The maximum atomic E-state index is 13.1. The molecule has 0 radical (unpaired) electrons. The number of carbonyl (C=O) groups excluding carboxylic acids is 1. The number of benzene rings is 2. The van der Waals surface area contributed by atoms with E-state index in [1.165, 1.54) is 26.7 Å². The van der Waals surface area contributed by atoms with Crippen molar-refractivity contribution < 1.29 is 17.9 Å². The molecule has 3 aromatic rings. The highest BCUT2D eigenvalue weighted by atomic mass is 32.2. The number of aromatic nitrogens is 1. The summed E-state index contributed by atoms with van der Waals surface area (Å²) in [7, 11) is -3.63. The standard InChI is InChI=1S/C28H37N5O4S2/c1-4-22-6-5-7-25-26(22)30-28(38-25)32-16-14-31(15-17-32)13-12-29-27(34)23-8-10-24(11-9-23)39(35,36)33-18-20(2)37-21(3)19-33/h5-11,20-21H,4,12-19H2,1-3H3,(H,29,34). The van der Waals surface area contributed by atoms with Crippen LogP contribution in [0.25, 0.3) is 10.2 Å². The van der Waals surface area contributed by atoms with Crippen LogP contribution in [0.3, 0.4) is 0 Å². The molecule has 1 amide bonds. The number of morpholine rings is 1. The quantitative estimate of drug-likeness (QED) is 0.444. The van der Waals surface area contributed by atoms with Crippen LogP contribution in [0.4, 0.5) is 5.13 Å². The van der Waals surface area contributed by atoms with Crippen molar-refractivity contribution in [2.75, 3.05) is 57.3 Å². The van der Waals surface area contributed by atoms with Gasteiger partial charge in [0.2, 0.25) is 10.0 Å². The number of thiazole rings is 1. The number of aryl methyl sites for hydroxylation is 1. The Balaban J connectivity index is 1.09. The molecule has 2 aromatic carbocycles. The van der Waals surface area contributed by atoms with Crippen molar-refractivity contribution in [3.63, 3.8) is 0 Å². The summed E-state index contributed by atoms with van der Waals surface area (Å²) in [4.78, 5) is 22.5. The highest BCUT2D eigenvalue weighted by molar-refractivity contribution is 7.89. The molecule has 2 fully saturated rings. The van der Waals surface area contributed by atoms with Crippen molar-refractivity contribution in [2.24, 2.45) is 0 Å². The first-order valence-corrected chi connectivity index (χ1v) is 15.9. The number of sulfonamides is 1. The Hall–Kier alpha value is -2.57. The van der Waals surface area contributed by atoms with Gasteiger partial charge in [-0.25, -0.2) is 13.4 Å². The fourth-order valence-electron chi connectivity index (χ4n) is 5.26. The normalized spacial score (nSPS) is 21.4. The minimum atomic E-state index is -3.63. The van der Waals surface area contributed by atoms with Crippen LogP contribution in [-0.4, -0.2) is 93.1 Å². The number of amides is 1. The first kappa shape index (κ1) is 28.0. The van der Waals surface area contributed by atoms with Crippen molar-refractivity contribution in [3.8, 4) is 0 Å². The molecule has 9 nitrogen and oxygen atoms in total. The van der Waals surface area contributed by atoms with Gasteiger partial charge in [-0.15, -0.1) is 0 Å². The van der Waals surface area contributed by atoms with Crippen molar-refractivity contribution in [2.45, 2.75) is 44.3 Å². The molecule has 5 rings (SSSR count). The summed E-state index contributed by atoms with van der Waals surface area (Å²) in [5.41, 5.74) is 2.87. The van der Waals surface area contributed by atoms with E-state index in [9.17, 15) is 13.2 Å². The maximum absolute atomic E-state index is 13.1. The molecular formula is C28H37N5O4S2. The van der Waals surface area contributed by atoms with Gasteiger partial charge in [0, 0.05) is 57.9 Å². The average Bonchev–Trinajstić information content (AvgIpc) is 3.37. The van der Waals surface area contributed by atoms with Crippen LogP contribution in [0.2, 0.25) is 0 Å². The van der Waals surface area contributed by atoms with E-state index in [2.05, 4.69) is 40.2 Å². The number of fused-ring (bicyclic) bond motifs is 1. The number of ether oxygens (including phenoxy) is 1. The highest BCUT2D eigenvalue weighted by Gasteiger charge is 2.32. The number of hydrogen-bond acceptors (Lipinski definition) is 8. The van der Waals surface area contributed by atoms with E-state index < -0.39 is 10.0 Å². The van der Waals surface area contributed by atoms with E-state index in [4.69, 9.17) is 9.72 Å². The van der Waals surface area contributed by atoms with E-state index in [0.717, 1.165) is 49.8 Å². The summed E-state index contributed by atoms with van der Waals surface area (Å²) in [5, 5.41) is 4.06. The maximum Gasteiger partial charge on any atom is 0.251 e. The van der Waals surface area contributed by atoms with E-state index in [1.807, 2.05) is 13.8 Å². The molecule has 2 aliphatic rings. The molecule has 1 N–H and O–H groups in total. The van der Waals surface area contributed by atoms with Crippen LogP contribution in [0, 0.1) is 0 Å². The van der Waals surface area contributed by atoms with Crippen molar-refractivity contribution in [3.05, 3.63) is 53.6 Å². The third kappa shape index (κ3) is 6.28. The number of nitrogens with one attached hydrogen (secondary N) is 1. The lowest BCUT2D eigenvalue weighted by Crippen LogP contribution is -2.48. The highest BCUT2D eigenvalue weighted by Crippen LogP contribution is 2.31. The summed E-state index contributed by atoms with van der Waals surface area (Å²) < 4.78 is 34.5. The van der Waals surface area contributed by atoms with Crippen LogP contribution in [0.15, 0.2) is 47.4 Å². The van der Waals surface area contributed by atoms with Crippen molar-refractivity contribution in [1.29, 1.82) is 0 Å². The molecule has 39 heavy (non-hydrogen) atoms. The van der Waals surface area contributed by atoms with E-state index in [1.54, 1.807) is 23.5 Å². The Morgan fingerprint density at radius 1 is 1.05 bits per heavy atom.